The lowest BCUT2D eigenvalue weighted by Crippen LogP contribution is -2.55. The lowest BCUT2D eigenvalue weighted by Gasteiger charge is -2.43. The van der Waals surface area contributed by atoms with Gasteiger partial charge in [0.05, 0.1) is 7.11 Å². The lowest BCUT2D eigenvalue weighted by atomic mass is 9.83. The van der Waals surface area contributed by atoms with Gasteiger partial charge in [-0.1, -0.05) is 19.9 Å². The highest BCUT2D eigenvalue weighted by atomic mass is 16.5. The van der Waals surface area contributed by atoms with Crippen molar-refractivity contribution in [2.24, 2.45) is 11.8 Å². The van der Waals surface area contributed by atoms with Crippen molar-refractivity contribution in [3.05, 3.63) is 34.2 Å². The third-order valence-electron chi connectivity index (χ3n) is 5.17. The molecule has 0 aromatic carbocycles. The number of urea groups is 1. The quantitative estimate of drug-likeness (QED) is 0.833. The molecule has 0 spiro atoms. The number of carbonyl (C=O) groups excluding carboxylic acids is 2. The number of carbonyl (C=O) groups is 2. The Hall–Kier alpha value is -2.31. The molecule has 1 aromatic rings. The first-order valence-electron chi connectivity index (χ1n) is 8.73. The van der Waals surface area contributed by atoms with E-state index in [4.69, 9.17) is 4.74 Å². The highest BCUT2D eigenvalue weighted by molar-refractivity contribution is 5.83. The number of fused-ring (bicyclic) bond motifs is 4. The zero-order valence-electron chi connectivity index (χ0n) is 14.9. The number of hydrogen-bond acceptors (Lipinski definition) is 4. The van der Waals surface area contributed by atoms with Crippen molar-refractivity contribution >= 4 is 12.0 Å². The topological polar surface area (TPSA) is 80.6 Å². The number of likely N-dealkylation sites (tertiary alicyclic amines) is 1. The summed E-state index contributed by atoms with van der Waals surface area (Å²) in [7, 11) is 1.32. The number of piperidine rings is 1. The van der Waals surface area contributed by atoms with Crippen LogP contribution in [0.5, 0.6) is 0 Å². The maximum atomic E-state index is 12.7. The number of hydrogen-bond donors (Lipinski definition) is 1. The van der Waals surface area contributed by atoms with E-state index < -0.39 is 12.0 Å². The molecule has 1 aromatic heterocycles. The summed E-state index contributed by atoms with van der Waals surface area (Å²) in [5, 5.41) is 2.81. The standard InChI is InChI=1S/C18H25N3O4/c1-11(2)16(17(23)25-3)19-18(24)20-8-12-7-13(10-20)14-5-4-6-15(22)21(14)9-12/h4-6,11-13,16H,7-10H2,1-3H3,(H,19,24)/t12-,13+,16-/m1/s1. The molecule has 1 fully saturated rings. The first-order valence-corrected chi connectivity index (χ1v) is 8.73. The molecule has 3 rings (SSSR count). The number of aromatic nitrogens is 1. The summed E-state index contributed by atoms with van der Waals surface area (Å²) in [5.74, 6) is -0.0760. The Labute approximate surface area is 147 Å². The highest BCUT2D eigenvalue weighted by Gasteiger charge is 2.37. The van der Waals surface area contributed by atoms with Crippen molar-refractivity contribution in [3.8, 4) is 0 Å². The third kappa shape index (κ3) is 3.41. The first kappa shape index (κ1) is 17.5. The minimum absolute atomic E-state index is 0.0238. The summed E-state index contributed by atoms with van der Waals surface area (Å²) < 4.78 is 6.62. The molecule has 7 heteroatoms. The Kier molecular flexibility index (Phi) is 4.83. The molecule has 3 heterocycles. The number of nitrogens with zero attached hydrogens (tertiary/aromatic N) is 2. The maximum absolute atomic E-state index is 12.7. The Morgan fingerprint density at radius 1 is 1.24 bits per heavy atom. The van der Waals surface area contributed by atoms with E-state index in [2.05, 4.69) is 5.32 Å². The normalized spacial score (nSPS) is 23.0. The van der Waals surface area contributed by atoms with Crippen molar-refractivity contribution in [2.45, 2.75) is 38.8 Å². The molecular weight excluding hydrogens is 322 g/mol. The molecule has 2 amide bonds. The van der Waals surface area contributed by atoms with Gasteiger partial charge in [-0.3, -0.25) is 4.79 Å². The van der Waals surface area contributed by atoms with Crippen LogP contribution in [0.2, 0.25) is 0 Å². The van der Waals surface area contributed by atoms with Gasteiger partial charge in [0.15, 0.2) is 0 Å². The van der Waals surface area contributed by atoms with Crippen molar-refractivity contribution < 1.29 is 14.3 Å². The average molecular weight is 347 g/mol. The van der Waals surface area contributed by atoms with E-state index in [1.807, 2.05) is 24.5 Å². The summed E-state index contributed by atoms with van der Waals surface area (Å²) in [6.07, 6.45) is 0.984. The molecule has 25 heavy (non-hydrogen) atoms. The van der Waals surface area contributed by atoms with Crippen molar-refractivity contribution in [1.82, 2.24) is 14.8 Å². The van der Waals surface area contributed by atoms with Crippen LogP contribution in [-0.2, 0) is 16.1 Å². The summed E-state index contributed by atoms with van der Waals surface area (Å²) in [6, 6.07) is 4.42. The average Bonchev–Trinajstić information content (AvgIpc) is 2.59. The molecule has 3 atom stereocenters. The molecule has 2 bridgehead atoms. The van der Waals surface area contributed by atoms with Crippen LogP contribution < -0.4 is 10.9 Å². The predicted molar refractivity (Wildman–Crippen MR) is 92.3 cm³/mol. The zero-order chi connectivity index (χ0) is 18.1. The molecule has 2 aliphatic rings. The Bertz CT molecular complexity index is 727. The second kappa shape index (κ2) is 6.90. The van der Waals surface area contributed by atoms with Gasteiger partial charge in [0, 0.05) is 37.3 Å². The van der Waals surface area contributed by atoms with E-state index in [-0.39, 0.29) is 29.3 Å². The Morgan fingerprint density at radius 2 is 2.00 bits per heavy atom. The maximum Gasteiger partial charge on any atom is 0.328 e. The number of amides is 2. The summed E-state index contributed by atoms with van der Waals surface area (Å²) in [6.45, 7) is 5.53. The smallest absolute Gasteiger partial charge is 0.328 e. The summed E-state index contributed by atoms with van der Waals surface area (Å²) >= 11 is 0. The van der Waals surface area contributed by atoms with E-state index >= 15 is 0 Å². The summed E-state index contributed by atoms with van der Waals surface area (Å²) in [4.78, 5) is 38.4. The third-order valence-corrected chi connectivity index (χ3v) is 5.17. The molecule has 0 radical (unpaired) electrons. The van der Waals surface area contributed by atoms with E-state index in [0.29, 0.717) is 19.6 Å². The van der Waals surface area contributed by atoms with Crippen LogP contribution in [0, 0.1) is 11.8 Å². The van der Waals surface area contributed by atoms with Crippen LogP contribution in [0.3, 0.4) is 0 Å². The fourth-order valence-electron chi connectivity index (χ4n) is 3.91. The minimum Gasteiger partial charge on any atom is -0.467 e. The van der Waals surface area contributed by atoms with E-state index in [1.165, 1.54) is 7.11 Å². The first-order chi connectivity index (χ1) is 11.9. The number of rotatable bonds is 3. The number of ether oxygens (including phenoxy) is 1. The molecule has 2 aliphatic heterocycles. The SMILES string of the molecule is COC(=O)[C@H](NC(=O)N1C[C@H]2C[C@@H](C1)c1cccc(=O)n1C2)C(C)C. The van der Waals surface area contributed by atoms with Crippen LogP contribution in [0.25, 0.3) is 0 Å². The lowest BCUT2D eigenvalue weighted by molar-refractivity contribution is -0.144. The van der Waals surface area contributed by atoms with Gasteiger partial charge < -0.3 is 19.5 Å². The molecule has 1 saturated heterocycles. The van der Waals surface area contributed by atoms with E-state index in [9.17, 15) is 14.4 Å². The number of esters is 1. The van der Waals surface area contributed by atoms with Gasteiger partial charge in [0.1, 0.15) is 6.04 Å². The van der Waals surface area contributed by atoms with Crippen LogP contribution in [0.1, 0.15) is 31.9 Å². The second-order valence-electron chi connectivity index (χ2n) is 7.30. The van der Waals surface area contributed by atoms with Crippen molar-refractivity contribution in [3.63, 3.8) is 0 Å². The fraction of sp³-hybridized carbons (Fsp3) is 0.611. The van der Waals surface area contributed by atoms with Gasteiger partial charge in [0.2, 0.25) is 0 Å². The molecule has 1 N–H and O–H groups in total. The number of nitrogens with one attached hydrogen (secondary N) is 1. The molecular formula is C18H25N3O4. The van der Waals surface area contributed by atoms with Crippen LogP contribution in [-0.4, -0.2) is 47.7 Å². The second-order valence-corrected chi connectivity index (χ2v) is 7.30. The van der Waals surface area contributed by atoms with Gasteiger partial charge in [-0.25, -0.2) is 9.59 Å². The van der Waals surface area contributed by atoms with Gasteiger partial charge in [-0.2, -0.15) is 0 Å². The van der Waals surface area contributed by atoms with Gasteiger partial charge in [-0.15, -0.1) is 0 Å². The Balaban J connectivity index is 1.75. The van der Waals surface area contributed by atoms with E-state index in [1.54, 1.807) is 17.0 Å². The van der Waals surface area contributed by atoms with Crippen molar-refractivity contribution in [1.29, 1.82) is 0 Å². The minimum atomic E-state index is -0.658. The molecule has 7 nitrogen and oxygen atoms in total. The number of pyridine rings is 1. The molecule has 0 unspecified atom stereocenters. The van der Waals surface area contributed by atoms with Gasteiger partial charge >= 0.3 is 12.0 Å². The Morgan fingerprint density at radius 3 is 2.68 bits per heavy atom. The molecule has 136 valence electrons. The summed E-state index contributed by atoms with van der Waals surface area (Å²) in [5.41, 5.74) is 1.02. The van der Waals surface area contributed by atoms with Gasteiger partial charge in [-0.05, 0) is 24.3 Å². The van der Waals surface area contributed by atoms with Crippen LogP contribution >= 0.6 is 0 Å². The molecule has 0 saturated carbocycles. The number of methoxy groups -OCH3 is 1. The van der Waals surface area contributed by atoms with E-state index in [0.717, 1.165) is 12.1 Å². The van der Waals surface area contributed by atoms with Crippen LogP contribution in [0.4, 0.5) is 4.79 Å². The fourth-order valence-corrected chi connectivity index (χ4v) is 3.91. The van der Waals surface area contributed by atoms with Crippen molar-refractivity contribution in [2.75, 3.05) is 20.2 Å². The monoisotopic (exact) mass is 347 g/mol. The zero-order valence-corrected chi connectivity index (χ0v) is 14.9. The highest BCUT2D eigenvalue weighted by Crippen LogP contribution is 2.34. The largest absolute Gasteiger partial charge is 0.467 e. The van der Waals surface area contributed by atoms with Gasteiger partial charge in [0.25, 0.3) is 5.56 Å². The molecule has 0 aliphatic carbocycles. The van der Waals surface area contributed by atoms with Crippen LogP contribution in [0.15, 0.2) is 23.0 Å². The predicted octanol–water partition coefficient (Wildman–Crippen LogP) is 1.17.